The standard InChI is InChI=1S/C11H3Cl2F3N4/c12-7-3-8(13)20-11(17-7)18-10(19-20)9-5(15)1-4(14)2-6(9)16/h1-3H. The van der Waals surface area contributed by atoms with E-state index in [1.165, 1.54) is 6.07 Å². The largest absolute Gasteiger partial charge is 0.255 e. The molecule has 0 atom stereocenters. The number of benzene rings is 1. The summed E-state index contributed by atoms with van der Waals surface area (Å²) >= 11 is 11.5. The minimum absolute atomic E-state index is 0.0272. The fraction of sp³-hybridized carbons (Fsp3) is 0. The number of aromatic nitrogens is 4. The van der Waals surface area contributed by atoms with E-state index in [1.807, 2.05) is 0 Å². The molecule has 0 unspecified atom stereocenters. The molecule has 0 aliphatic rings. The number of rotatable bonds is 1. The van der Waals surface area contributed by atoms with E-state index >= 15 is 0 Å². The van der Waals surface area contributed by atoms with Gasteiger partial charge in [-0.1, -0.05) is 23.2 Å². The molecule has 0 aliphatic carbocycles. The zero-order valence-electron chi connectivity index (χ0n) is 9.41. The van der Waals surface area contributed by atoms with Gasteiger partial charge < -0.3 is 0 Å². The topological polar surface area (TPSA) is 43.1 Å². The van der Waals surface area contributed by atoms with Crippen LogP contribution in [0.2, 0.25) is 10.3 Å². The number of nitrogens with zero attached hydrogens (tertiary/aromatic N) is 4. The average molecular weight is 319 g/mol. The molecule has 2 aromatic heterocycles. The van der Waals surface area contributed by atoms with Crippen LogP contribution in [0.5, 0.6) is 0 Å². The van der Waals surface area contributed by atoms with E-state index in [2.05, 4.69) is 15.1 Å². The molecular weight excluding hydrogens is 316 g/mol. The minimum atomic E-state index is -1.12. The molecule has 0 aliphatic heterocycles. The Kier molecular flexibility index (Phi) is 3.02. The predicted octanol–water partition coefficient (Wildman–Crippen LogP) is 3.52. The van der Waals surface area contributed by atoms with Crippen LogP contribution in [0.25, 0.3) is 17.2 Å². The van der Waals surface area contributed by atoms with Gasteiger partial charge in [-0.05, 0) is 0 Å². The third-order valence-corrected chi connectivity index (χ3v) is 2.93. The van der Waals surface area contributed by atoms with Crippen LogP contribution in [0.1, 0.15) is 0 Å². The molecule has 0 bridgehead atoms. The molecule has 102 valence electrons. The fourth-order valence-corrected chi connectivity index (χ4v) is 2.12. The van der Waals surface area contributed by atoms with E-state index in [0.717, 1.165) is 4.52 Å². The number of fused-ring (bicyclic) bond motifs is 1. The van der Waals surface area contributed by atoms with Gasteiger partial charge in [0.2, 0.25) is 0 Å². The fourth-order valence-electron chi connectivity index (χ4n) is 1.67. The Bertz CT molecular complexity index is 811. The lowest BCUT2D eigenvalue weighted by molar-refractivity contribution is 0.546. The highest BCUT2D eigenvalue weighted by Crippen LogP contribution is 2.25. The van der Waals surface area contributed by atoms with Crippen LogP contribution >= 0.6 is 23.2 Å². The molecule has 20 heavy (non-hydrogen) atoms. The maximum absolute atomic E-state index is 13.7. The molecule has 0 spiro atoms. The second-order valence-electron chi connectivity index (χ2n) is 3.79. The number of halogens is 5. The maximum atomic E-state index is 13.7. The molecular formula is C11H3Cl2F3N4. The van der Waals surface area contributed by atoms with Gasteiger partial charge in [0.05, 0.1) is 5.56 Å². The number of hydrogen-bond acceptors (Lipinski definition) is 3. The Morgan fingerprint density at radius 3 is 2.25 bits per heavy atom. The van der Waals surface area contributed by atoms with Crippen LogP contribution in [0, 0.1) is 17.5 Å². The lowest BCUT2D eigenvalue weighted by Gasteiger charge is -2.00. The lowest BCUT2D eigenvalue weighted by atomic mass is 10.2. The zero-order chi connectivity index (χ0) is 14.4. The first kappa shape index (κ1) is 13.1. The van der Waals surface area contributed by atoms with E-state index in [0.29, 0.717) is 12.1 Å². The molecule has 0 N–H and O–H groups in total. The van der Waals surface area contributed by atoms with Gasteiger partial charge in [0.1, 0.15) is 27.8 Å². The molecule has 0 radical (unpaired) electrons. The molecule has 1 aromatic carbocycles. The summed E-state index contributed by atoms with van der Waals surface area (Å²) in [5.41, 5.74) is -0.566. The summed E-state index contributed by atoms with van der Waals surface area (Å²) in [6, 6.07) is 2.37. The molecule has 0 saturated carbocycles. The Balaban J connectivity index is 2.28. The van der Waals surface area contributed by atoms with Gasteiger partial charge in [0, 0.05) is 18.2 Å². The number of hydrogen-bond donors (Lipinski definition) is 0. The van der Waals surface area contributed by atoms with E-state index in [1.54, 1.807) is 0 Å². The zero-order valence-corrected chi connectivity index (χ0v) is 10.9. The van der Waals surface area contributed by atoms with Crippen molar-refractivity contribution in [3.63, 3.8) is 0 Å². The van der Waals surface area contributed by atoms with Crippen LogP contribution in [0.15, 0.2) is 18.2 Å². The lowest BCUT2D eigenvalue weighted by Crippen LogP contribution is -1.95. The third kappa shape index (κ3) is 2.08. The monoisotopic (exact) mass is 318 g/mol. The summed E-state index contributed by atoms with van der Waals surface area (Å²) in [6.07, 6.45) is 0. The van der Waals surface area contributed by atoms with Crippen LogP contribution in [0.3, 0.4) is 0 Å². The second-order valence-corrected chi connectivity index (χ2v) is 4.57. The Labute approximate surface area is 119 Å². The van der Waals surface area contributed by atoms with Crippen LogP contribution in [-0.2, 0) is 0 Å². The van der Waals surface area contributed by atoms with Crippen molar-refractivity contribution < 1.29 is 13.2 Å². The van der Waals surface area contributed by atoms with Crippen LogP contribution in [-0.4, -0.2) is 19.6 Å². The quantitative estimate of drug-likeness (QED) is 0.645. The van der Waals surface area contributed by atoms with Gasteiger partial charge in [0.15, 0.2) is 5.82 Å². The summed E-state index contributed by atoms with van der Waals surface area (Å²) in [5, 5.41) is 3.95. The van der Waals surface area contributed by atoms with E-state index in [4.69, 9.17) is 23.2 Å². The molecule has 0 amide bonds. The molecule has 3 rings (SSSR count). The van der Waals surface area contributed by atoms with E-state index < -0.39 is 23.0 Å². The smallest absolute Gasteiger partial charge is 0.207 e. The van der Waals surface area contributed by atoms with Gasteiger partial charge in [-0.25, -0.2) is 13.2 Å². The molecule has 3 aromatic rings. The molecule has 9 heteroatoms. The van der Waals surface area contributed by atoms with Crippen molar-refractivity contribution in [1.82, 2.24) is 19.6 Å². The molecule has 0 saturated heterocycles. The van der Waals surface area contributed by atoms with E-state index in [-0.39, 0.29) is 21.9 Å². The van der Waals surface area contributed by atoms with Gasteiger partial charge in [-0.3, -0.25) is 0 Å². The summed E-state index contributed by atoms with van der Waals surface area (Å²) in [5.74, 6) is -3.62. The highest BCUT2D eigenvalue weighted by molar-refractivity contribution is 6.33. The first-order valence-corrected chi connectivity index (χ1v) is 5.95. The van der Waals surface area contributed by atoms with Crippen molar-refractivity contribution in [2.24, 2.45) is 0 Å². The van der Waals surface area contributed by atoms with Crippen molar-refractivity contribution in [3.05, 3.63) is 46.0 Å². The van der Waals surface area contributed by atoms with E-state index in [9.17, 15) is 13.2 Å². The molecule has 0 fully saturated rings. The first-order chi connectivity index (χ1) is 9.45. The maximum Gasteiger partial charge on any atom is 0.255 e. The molecule has 2 heterocycles. The van der Waals surface area contributed by atoms with Crippen molar-refractivity contribution in [1.29, 1.82) is 0 Å². The predicted molar refractivity (Wildman–Crippen MR) is 66.1 cm³/mol. The summed E-state index contributed by atoms with van der Waals surface area (Å²) in [6.45, 7) is 0. The Morgan fingerprint density at radius 2 is 1.60 bits per heavy atom. The third-order valence-electron chi connectivity index (χ3n) is 2.47. The molecule has 4 nitrogen and oxygen atoms in total. The summed E-state index contributed by atoms with van der Waals surface area (Å²) < 4.78 is 41.2. The second kappa shape index (κ2) is 4.60. The Morgan fingerprint density at radius 1 is 0.950 bits per heavy atom. The SMILES string of the molecule is Fc1cc(F)c(-c2nc3nc(Cl)cc(Cl)n3n2)c(F)c1. The Hall–Kier alpha value is -1.86. The van der Waals surface area contributed by atoms with Crippen LogP contribution < -0.4 is 0 Å². The average Bonchev–Trinajstić information content (AvgIpc) is 2.71. The van der Waals surface area contributed by atoms with Gasteiger partial charge >= 0.3 is 0 Å². The van der Waals surface area contributed by atoms with Gasteiger partial charge in [-0.15, -0.1) is 5.10 Å². The van der Waals surface area contributed by atoms with Gasteiger partial charge in [-0.2, -0.15) is 14.5 Å². The van der Waals surface area contributed by atoms with Gasteiger partial charge in [0.25, 0.3) is 5.78 Å². The highest BCUT2D eigenvalue weighted by atomic mass is 35.5. The summed E-state index contributed by atoms with van der Waals surface area (Å²) in [4.78, 5) is 7.64. The minimum Gasteiger partial charge on any atom is -0.207 e. The van der Waals surface area contributed by atoms with Crippen molar-refractivity contribution in [2.75, 3.05) is 0 Å². The summed E-state index contributed by atoms with van der Waals surface area (Å²) in [7, 11) is 0. The van der Waals surface area contributed by atoms with Crippen molar-refractivity contribution >= 4 is 29.0 Å². The van der Waals surface area contributed by atoms with Crippen molar-refractivity contribution in [3.8, 4) is 11.4 Å². The normalized spacial score (nSPS) is 11.2. The van der Waals surface area contributed by atoms with Crippen molar-refractivity contribution in [2.45, 2.75) is 0 Å². The highest BCUT2D eigenvalue weighted by Gasteiger charge is 2.19. The van der Waals surface area contributed by atoms with Crippen LogP contribution in [0.4, 0.5) is 13.2 Å². The first-order valence-electron chi connectivity index (χ1n) is 5.19.